The Morgan fingerprint density at radius 2 is 0.929 bits per heavy atom. The van der Waals surface area contributed by atoms with Crippen LogP contribution in [0.1, 0.15) is 0 Å². The smallest absolute Gasteiger partial charge is 0.166 e. The van der Waals surface area contributed by atoms with E-state index in [9.17, 15) is 0 Å². The minimum atomic E-state index is 0.587. The second kappa shape index (κ2) is 11.9. The molecule has 0 bridgehead atoms. The fourth-order valence-electron chi connectivity index (χ4n) is 8.72. The van der Waals surface area contributed by atoms with Gasteiger partial charge in [0.2, 0.25) is 0 Å². The zero-order valence-electron chi connectivity index (χ0n) is 30.0. The van der Waals surface area contributed by atoms with Gasteiger partial charge in [-0.05, 0) is 74.8 Å². The number of rotatable bonds is 4. The number of nitrogens with zero attached hydrogens (tertiary/aromatic N) is 4. The molecule has 0 radical (unpaired) electrons. The van der Waals surface area contributed by atoms with Crippen LogP contribution in [0.4, 0.5) is 0 Å². The first-order valence-electron chi connectivity index (χ1n) is 18.9. The van der Waals surface area contributed by atoms with Crippen molar-refractivity contribution in [2.24, 2.45) is 0 Å². The number of benzene rings is 9. The molecule has 0 aliphatic heterocycles. The molecule has 0 spiro atoms. The number of fused-ring (bicyclic) bond motifs is 11. The van der Waals surface area contributed by atoms with Gasteiger partial charge in [0.05, 0.1) is 16.7 Å². The Morgan fingerprint density at radius 3 is 1.75 bits per heavy atom. The summed E-state index contributed by atoms with van der Waals surface area (Å²) in [5.74, 6) is 1.78. The van der Waals surface area contributed by atoms with Crippen molar-refractivity contribution in [2.75, 3.05) is 0 Å². The van der Waals surface area contributed by atoms with E-state index in [-0.39, 0.29) is 0 Å². The van der Waals surface area contributed by atoms with Gasteiger partial charge in [-0.2, -0.15) is 0 Å². The van der Waals surface area contributed by atoms with E-state index in [1.807, 2.05) is 30.3 Å². The van der Waals surface area contributed by atoms with Gasteiger partial charge >= 0.3 is 0 Å². The van der Waals surface area contributed by atoms with Gasteiger partial charge in [-0.15, -0.1) is 0 Å². The van der Waals surface area contributed by atoms with Crippen LogP contribution in [0.15, 0.2) is 186 Å². The number of para-hydroxylation sites is 4. The van der Waals surface area contributed by atoms with Crippen LogP contribution in [0.25, 0.3) is 116 Å². The van der Waals surface area contributed by atoms with Gasteiger partial charge in [0.1, 0.15) is 11.2 Å². The highest BCUT2D eigenvalue weighted by Gasteiger charge is 2.21. The molecule has 0 aliphatic rings. The second-order valence-corrected chi connectivity index (χ2v) is 14.4. The summed E-state index contributed by atoms with van der Waals surface area (Å²) >= 11 is 0. The number of hydrogen-bond donors (Lipinski definition) is 0. The summed E-state index contributed by atoms with van der Waals surface area (Å²) in [5, 5.41) is 11.7. The predicted molar refractivity (Wildman–Crippen MR) is 230 cm³/mol. The molecule has 12 aromatic rings. The Hall–Kier alpha value is -7.63. The molecular formula is C51H30N4O. The van der Waals surface area contributed by atoms with Crippen molar-refractivity contribution in [3.63, 3.8) is 0 Å². The van der Waals surface area contributed by atoms with E-state index in [4.69, 9.17) is 19.4 Å². The monoisotopic (exact) mass is 714 g/mol. The third-order valence-corrected chi connectivity index (χ3v) is 11.2. The molecular weight excluding hydrogens is 685 g/mol. The zero-order valence-corrected chi connectivity index (χ0v) is 30.0. The van der Waals surface area contributed by atoms with Crippen molar-refractivity contribution < 1.29 is 4.42 Å². The fraction of sp³-hybridized carbons (Fsp3) is 0. The van der Waals surface area contributed by atoms with Crippen LogP contribution in [0.2, 0.25) is 0 Å². The average Bonchev–Trinajstić information content (AvgIpc) is 3.82. The first-order chi connectivity index (χ1) is 27.8. The maximum absolute atomic E-state index is 6.33. The highest BCUT2D eigenvalue weighted by atomic mass is 16.3. The molecule has 3 aromatic heterocycles. The molecule has 0 unspecified atom stereocenters. The van der Waals surface area contributed by atoms with Crippen LogP contribution in [-0.2, 0) is 0 Å². The first-order valence-corrected chi connectivity index (χ1v) is 18.9. The first kappa shape index (κ1) is 30.8. The van der Waals surface area contributed by atoms with E-state index in [0.29, 0.717) is 17.5 Å². The van der Waals surface area contributed by atoms with Gasteiger partial charge in [-0.1, -0.05) is 140 Å². The van der Waals surface area contributed by atoms with Gasteiger partial charge in [-0.3, -0.25) is 0 Å². The molecule has 0 atom stereocenters. The van der Waals surface area contributed by atoms with Gasteiger partial charge < -0.3 is 8.98 Å². The second-order valence-electron chi connectivity index (χ2n) is 14.4. The predicted octanol–water partition coefficient (Wildman–Crippen LogP) is 13.3. The topological polar surface area (TPSA) is 56.7 Å². The molecule has 0 amide bonds. The van der Waals surface area contributed by atoms with Crippen molar-refractivity contribution in [1.82, 2.24) is 19.5 Å². The molecule has 0 N–H and O–H groups in total. The van der Waals surface area contributed by atoms with Gasteiger partial charge in [0.25, 0.3) is 0 Å². The fourth-order valence-corrected chi connectivity index (χ4v) is 8.72. The Balaban J connectivity index is 1.13. The van der Waals surface area contributed by atoms with Gasteiger partial charge in [-0.25, -0.2) is 15.0 Å². The van der Waals surface area contributed by atoms with Crippen molar-refractivity contribution in [3.05, 3.63) is 182 Å². The normalized spacial score (nSPS) is 11.9. The van der Waals surface area contributed by atoms with E-state index in [1.54, 1.807) is 0 Å². The third kappa shape index (κ3) is 4.58. The number of furan rings is 1. The Morgan fingerprint density at radius 1 is 0.357 bits per heavy atom. The van der Waals surface area contributed by atoms with E-state index in [1.165, 1.54) is 37.7 Å². The maximum atomic E-state index is 6.33. The lowest BCUT2D eigenvalue weighted by Gasteiger charge is -2.15. The SMILES string of the molecule is c1ccc(-n2c3ccccc3c3ccccc32)c(-c2nc(-c3ccc4c(ccc5ccc6ccccc6c54)c3)nc(-c3cccc4oc5ccccc5c34)n2)c1. The highest BCUT2D eigenvalue weighted by molar-refractivity contribution is 6.20. The quantitative estimate of drug-likeness (QED) is 0.170. The summed E-state index contributed by atoms with van der Waals surface area (Å²) in [6.45, 7) is 0. The minimum absolute atomic E-state index is 0.587. The van der Waals surface area contributed by atoms with Crippen LogP contribution in [-0.4, -0.2) is 19.5 Å². The summed E-state index contributed by atoms with van der Waals surface area (Å²) in [6.07, 6.45) is 0. The Kier molecular flexibility index (Phi) is 6.56. The summed E-state index contributed by atoms with van der Waals surface area (Å²) in [5.41, 5.74) is 7.59. The minimum Gasteiger partial charge on any atom is -0.456 e. The van der Waals surface area contributed by atoms with Crippen molar-refractivity contribution in [1.29, 1.82) is 0 Å². The van der Waals surface area contributed by atoms with Crippen molar-refractivity contribution in [3.8, 4) is 39.9 Å². The Labute approximate surface area is 320 Å². The van der Waals surface area contributed by atoms with E-state index in [2.05, 4.69) is 156 Å². The van der Waals surface area contributed by atoms with Crippen LogP contribution < -0.4 is 0 Å². The molecule has 3 heterocycles. The molecule has 9 aromatic carbocycles. The summed E-state index contributed by atoms with van der Waals surface area (Å²) in [7, 11) is 0. The third-order valence-electron chi connectivity index (χ3n) is 11.2. The standard InChI is InChI=1S/C51H30N4O/c1-2-13-35-31(12-1)24-25-32-26-27-33-30-34(28-29-36(33)47(32)35)49-52-50(54-51(53-49)41-18-11-23-46-48(41)40-17-6-10-22-45(40)56-46)39-16-5-9-21-44(39)55-42-19-7-3-14-37(42)38-15-4-8-20-43(38)55/h1-30H. The van der Waals surface area contributed by atoms with Crippen LogP contribution in [0.5, 0.6) is 0 Å². The lowest BCUT2D eigenvalue weighted by Crippen LogP contribution is -2.03. The van der Waals surface area contributed by atoms with Crippen molar-refractivity contribution >= 4 is 76.1 Å². The summed E-state index contributed by atoms with van der Waals surface area (Å²) in [4.78, 5) is 15.9. The Bertz CT molecular complexity index is 3510. The van der Waals surface area contributed by atoms with Crippen LogP contribution >= 0.6 is 0 Å². The maximum Gasteiger partial charge on any atom is 0.166 e. The molecule has 260 valence electrons. The van der Waals surface area contributed by atoms with Gasteiger partial charge in [0.15, 0.2) is 17.5 Å². The highest BCUT2D eigenvalue weighted by Crippen LogP contribution is 2.40. The number of hydrogen-bond acceptors (Lipinski definition) is 4. The molecule has 56 heavy (non-hydrogen) atoms. The van der Waals surface area contributed by atoms with Crippen LogP contribution in [0, 0.1) is 0 Å². The van der Waals surface area contributed by atoms with E-state index < -0.39 is 0 Å². The molecule has 12 rings (SSSR count). The van der Waals surface area contributed by atoms with Crippen molar-refractivity contribution in [2.45, 2.75) is 0 Å². The van der Waals surface area contributed by atoms with Crippen LogP contribution in [0.3, 0.4) is 0 Å². The molecule has 0 aliphatic carbocycles. The van der Waals surface area contributed by atoms with E-state index >= 15 is 0 Å². The number of aromatic nitrogens is 4. The molecule has 5 nitrogen and oxygen atoms in total. The molecule has 0 saturated heterocycles. The molecule has 0 saturated carbocycles. The van der Waals surface area contributed by atoms with Gasteiger partial charge in [0, 0.05) is 38.2 Å². The largest absolute Gasteiger partial charge is 0.456 e. The average molecular weight is 715 g/mol. The lowest BCUT2D eigenvalue weighted by molar-refractivity contribution is 0.669. The zero-order chi connectivity index (χ0) is 36.7. The molecule has 5 heteroatoms. The van der Waals surface area contributed by atoms with E-state index in [0.717, 1.165) is 60.7 Å². The summed E-state index contributed by atoms with van der Waals surface area (Å²) < 4.78 is 8.67. The lowest BCUT2D eigenvalue weighted by atomic mass is 9.95. The molecule has 0 fully saturated rings. The summed E-state index contributed by atoms with van der Waals surface area (Å²) in [6, 6.07) is 63.9.